The fraction of sp³-hybridized carbons (Fsp3) is 0.286. The van der Waals surface area contributed by atoms with Crippen molar-refractivity contribution in [3.8, 4) is 0 Å². The summed E-state index contributed by atoms with van der Waals surface area (Å²) in [5.74, 6) is -1.21. The van der Waals surface area contributed by atoms with Crippen LogP contribution >= 0.6 is 11.8 Å². The van der Waals surface area contributed by atoms with E-state index in [2.05, 4.69) is 15.6 Å². The van der Waals surface area contributed by atoms with Gasteiger partial charge in [0.2, 0.25) is 5.96 Å². The van der Waals surface area contributed by atoms with Crippen LogP contribution in [0.1, 0.15) is 17.5 Å². The Labute approximate surface area is 194 Å². The van der Waals surface area contributed by atoms with Crippen molar-refractivity contribution < 1.29 is 23.3 Å². The number of hydrazone groups is 1. The molecule has 9 nitrogen and oxygen atoms in total. The molecule has 0 radical (unpaired) electrons. The van der Waals surface area contributed by atoms with Crippen LogP contribution in [-0.4, -0.2) is 54.9 Å². The zero-order valence-corrected chi connectivity index (χ0v) is 19.1. The van der Waals surface area contributed by atoms with Crippen molar-refractivity contribution in [2.75, 3.05) is 27.8 Å². The SMILES string of the molecule is CN=C(N)NOCCC1(c2ccccc2)SC(c2cc(F)ccc2F)=NN1C(=O)N(C)OC. The second-order valence-electron chi connectivity index (χ2n) is 6.87. The van der Waals surface area contributed by atoms with E-state index in [-0.39, 0.29) is 29.6 Å². The number of thioether (sulfide) groups is 1. The molecule has 0 aliphatic carbocycles. The van der Waals surface area contributed by atoms with Crippen LogP contribution in [0.25, 0.3) is 0 Å². The van der Waals surface area contributed by atoms with Crippen LogP contribution in [0.4, 0.5) is 13.6 Å². The van der Waals surface area contributed by atoms with Crippen LogP contribution in [0.5, 0.6) is 0 Å². The summed E-state index contributed by atoms with van der Waals surface area (Å²) in [6.07, 6.45) is 0.207. The molecule has 3 N–H and O–H groups in total. The van der Waals surface area contributed by atoms with E-state index in [0.717, 1.165) is 35.0 Å². The van der Waals surface area contributed by atoms with E-state index in [0.29, 0.717) is 5.56 Å². The molecule has 1 aliphatic heterocycles. The summed E-state index contributed by atoms with van der Waals surface area (Å²) in [5.41, 5.74) is 8.73. The van der Waals surface area contributed by atoms with Gasteiger partial charge in [-0.1, -0.05) is 42.1 Å². The monoisotopic (exact) mass is 478 g/mol. The zero-order valence-electron chi connectivity index (χ0n) is 18.3. The topological polar surface area (TPSA) is 105 Å². The number of carbonyl (C=O) groups excluding carboxylic acids is 1. The molecule has 2 aromatic rings. The van der Waals surface area contributed by atoms with Crippen LogP contribution in [0.3, 0.4) is 0 Å². The molecule has 0 saturated heterocycles. The van der Waals surface area contributed by atoms with Gasteiger partial charge in [-0.2, -0.15) is 10.1 Å². The van der Waals surface area contributed by atoms with Gasteiger partial charge in [0.25, 0.3) is 0 Å². The van der Waals surface area contributed by atoms with Gasteiger partial charge in [-0.3, -0.25) is 14.7 Å². The largest absolute Gasteiger partial charge is 0.368 e. The molecule has 33 heavy (non-hydrogen) atoms. The van der Waals surface area contributed by atoms with Crippen LogP contribution in [0.15, 0.2) is 58.6 Å². The van der Waals surface area contributed by atoms with E-state index < -0.39 is 22.5 Å². The lowest BCUT2D eigenvalue weighted by Gasteiger charge is -2.36. The number of amides is 2. The first-order chi connectivity index (χ1) is 15.8. The number of hydrogen-bond acceptors (Lipinski definition) is 6. The number of guanidine groups is 1. The number of benzene rings is 2. The molecule has 1 heterocycles. The van der Waals surface area contributed by atoms with Gasteiger partial charge in [-0.05, 0) is 23.8 Å². The van der Waals surface area contributed by atoms with Crippen molar-refractivity contribution >= 4 is 28.8 Å². The summed E-state index contributed by atoms with van der Waals surface area (Å²) in [6.45, 7) is 0.0764. The molecule has 0 fully saturated rings. The summed E-state index contributed by atoms with van der Waals surface area (Å²) in [5, 5.41) is 6.72. The lowest BCUT2D eigenvalue weighted by molar-refractivity contribution is -0.0815. The Balaban J connectivity index is 2.06. The highest BCUT2D eigenvalue weighted by Crippen LogP contribution is 2.50. The molecule has 12 heteroatoms. The Morgan fingerprint density at radius 1 is 1.30 bits per heavy atom. The Morgan fingerprint density at radius 3 is 2.70 bits per heavy atom. The normalized spacial score (nSPS) is 18.3. The quantitative estimate of drug-likeness (QED) is 0.274. The van der Waals surface area contributed by atoms with Gasteiger partial charge in [-0.25, -0.2) is 24.1 Å². The maximum Gasteiger partial charge on any atom is 0.365 e. The zero-order chi connectivity index (χ0) is 24.0. The molecule has 0 spiro atoms. The number of nitrogens with two attached hydrogens (primary N) is 1. The first-order valence-electron chi connectivity index (χ1n) is 9.83. The van der Waals surface area contributed by atoms with Gasteiger partial charge in [-0.15, -0.1) is 0 Å². The Kier molecular flexibility index (Phi) is 7.84. The highest BCUT2D eigenvalue weighted by atomic mass is 32.2. The molecule has 1 unspecified atom stereocenters. The molecule has 2 aromatic carbocycles. The van der Waals surface area contributed by atoms with Gasteiger partial charge in [0.05, 0.1) is 13.7 Å². The number of urea groups is 1. The summed E-state index contributed by atoms with van der Waals surface area (Å²) in [4.78, 5) is 26.3. The van der Waals surface area contributed by atoms with Crippen molar-refractivity contribution in [2.24, 2.45) is 15.8 Å². The average Bonchev–Trinajstić information content (AvgIpc) is 3.23. The smallest absolute Gasteiger partial charge is 0.365 e. The molecule has 1 atom stereocenters. The Morgan fingerprint density at radius 2 is 2.03 bits per heavy atom. The standard InChI is InChI=1S/C21H24F2N6O3S/c1-25-19(24)27-32-12-11-21(14-7-5-4-6-8-14)29(20(30)28(2)31-3)26-18(33-21)16-13-15(22)9-10-17(16)23/h4-10,13H,11-12H2,1-3H3,(H3,24,25,27). The van der Waals surface area contributed by atoms with E-state index in [1.807, 2.05) is 30.3 Å². The predicted molar refractivity (Wildman–Crippen MR) is 122 cm³/mol. The number of nitrogens with zero attached hydrogens (tertiary/aromatic N) is 4. The van der Waals surface area contributed by atoms with Crippen LogP contribution in [0.2, 0.25) is 0 Å². The lowest BCUT2D eigenvalue weighted by atomic mass is 10.0. The van der Waals surface area contributed by atoms with E-state index in [4.69, 9.17) is 15.4 Å². The van der Waals surface area contributed by atoms with Crippen molar-refractivity contribution in [2.45, 2.75) is 11.3 Å². The van der Waals surface area contributed by atoms with Crippen molar-refractivity contribution in [1.29, 1.82) is 0 Å². The fourth-order valence-electron chi connectivity index (χ4n) is 3.12. The Hall–Kier alpha value is -3.22. The predicted octanol–water partition coefficient (Wildman–Crippen LogP) is 3.00. The number of halogens is 2. The first kappa shape index (κ1) is 24.4. The third-order valence-electron chi connectivity index (χ3n) is 4.87. The van der Waals surface area contributed by atoms with Crippen molar-refractivity contribution in [3.05, 3.63) is 71.3 Å². The fourth-order valence-corrected chi connectivity index (χ4v) is 4.47. The highest BCUT2D eigenvalue weighted by molar-refractivity contribution is 8.15. The van der Waals surface area contributed by atoms with Crippen LogP contribution < -0.4 is 11.2 Å². The number of aliphatic imine (C=N–C) groups is 1. The van der Waals surface area contributed by atoms with Crippen molar-refractivity contribution in [1.82, 2.24) is 15.6 Å². The number of rotatable bonds is 7. The third-order valence-corrected chi connectivity index (χ3v) is 6.31. The molecule has 176 valence electrons. The molecule has 2 amide bonds. The molecular formula is C21H24F2N6O3S. The first-order valence-corrected chi connectivity index (χ1v) is 10.6. The lowest BCUT2D eigenvalue weighted by Crippen LogP contribution is -2.47. The van der Waals surface area contributed by atoms with E-state index >= 15 is 0 Å². The van der Waals surface area contributed by atoms with E-state index in [9.17, 15) is 13.6 Å². The number of nitrogens with one attached hydrogen (secondary N) is 1. The maximum atomic E-state index is 14.6. The van der Waals surface area contributed by atoms with Crippen molar-refractivity contribution in [3.63, 3.8) is 0 Å². The minimum atomic E-state index is -1.15. The van der Waals surface area contributed by atoms with Gasteiger partial charge >= 0.3 is 6.03 Å². The summed E-state index contributed by atoms with van der Waals surface area (Å²) < 4.78 is 28.5. The van der Waals surface area contributed by atoms with Gasteiger partial charge < -0.3 is 5.73 Å². The minimum Gasteiger partial charge on any atom is -0.368 e. The van der Waals surface area contributed by atoms with Crippen LogP contribution in [0, 0.1) is 11.6 Å². The second-order valence-corrected chi connectivity index (χ2v) is 8.13. The third kappa shape index (κ3) is 5.24. The maximum absolute atomic E-state index is 14.6. The summed E-state index contributed by atoms with van der Waals surface area (Å²) in [7, 11) is 4.26. The van der Waals surface area contributed by atoms with Gasteiger partial charge in [0.15, 0.2) is 0 Å². The molecule has 0 aromatic heterocycles. The number of hydroxylamine groups is 3. The van der Waals surface area contributed by atoms with Gasteiger partial charge in [0, 0.05) is 26.1 Å². The number of hydrogen-bond donors (Lipinski definition) is 2. The summed E-state index contributed by atoms with van der Waals surface area (Å²) in [6, 6.07) is 11.5. The Bertz CT molecular complexity index is 1060. The number of carbonyl (C=O) groups is 1. The minimum absolute atomic E-state index is 0.0583. The molecule has 0 bridgehead atoms. The summed E-state index contributed by atoms with van der Waals surface area (Å²) >= 11 is 1.11. The van der Waals surface area contributed by atoms with E-state index in [1.165, 1.54) is 26.2 Å². The average molecular weight is 479 g/mol. The molecular weight excluding hydrogens is 454 g/mol. The molecule has 3 rings (SSSR count). The molecule has 1 aliphatic rings. The van der Waals surface area contributed by atoms with Crippen LogP contribution in [-0.2, 0) is 14.5 Å². The molecule has 0 saturated carbocycles. The van der Waals surface area contributed by atoms with Gasteiger partial charge in [0.1, 0.15) is 21.5 Å². The highest BCUT2D eigenvalue weighted by Gasteiger charge is 2.50. The second kappa shape index (κ2) is 10.6. The van der Waals surface area contributed by atoms with E-state index in [1.54, 1.807) is 0 Å².